The predicted molar refractivity (Wildman–Crippen MR) is 168 cm³/mol. The van der Waals surface area contributed by atoms with Gasteiger partial charge in [0.05, 0.1) is 30.5 Å². The molecule has 0 spiro atoms. The number of sulfonamides is 1. The fourth-order valence-corrected chi connectivity index (χ4v) is 5.37. The number of hydrogen-bond acceptors (Lipinski definition) is 8. The number of nitrogens with zero attached hydrogens (tertiary/aromatic N) is 2. The minimum atomic E-state index is -4.06. The van der Waals surface area contributed by atoms with E-state index in [4.69, 9.17) is 14.2 Å². The SMILES string of the molecule is CCOc1ccc(N(CC(=O)N/N=C/c2ccc(OCC(=O)Nc3ccc(OC)cc3)cc2)S(=O)(=O)c2ccccc2)cc1. The van der Waals surface area contributed by atoms with Gasteiger partial charge in [-0.1, -0.05) is 18.2 Å². The van der Waals surface area contributed by atoms with Gasteiger partial charge in [-0.25, -0.2) is 13.8 Å². The quantitative estimate of drug-likeness (QED) is 0.158. The van der Waals surface area contributed by atoms with E-state index >= 15 is 0 Å². The van der Waals surface area contributed by atoms with Crippen LogP contribution in [0, 0.1) is 0 Å². The van der Waals surface area contributed by atoms with Crippen LogP contribution in [0.4, 0.5) is 11.4 Å². The van der Waals surface area contributed by atoms with Gasteiger partial charge in [-0.05, 0) is 97.4 Å². The number of ether oxygens (including phenoxy) is 3. The van der Waals surface area contributed by atoms with E-state index in [9.17, 15) is 18.0 Å². The van der Waals surface area contributed by atoms with Gasteiger partial charge in [-0.3, -0.25) is 13.9 Å². The Morgan fingerprint density at radius 3 is 2.05 bits per heavy atom. The van der Waals surface area contributed by atoms with Crippen LogP contribution in [0.15, 0.2) is 113 Å². The Morgan fingerprint density at radius 2 is 1.41 bits per heavy atom. The molecule has 44 heavy (non-hydrogen) atoms. The van der Waals surface area contributed by atoms with E-state index in [0.29, 0.717) is 40.8 Å². The lowest BCUT2D eigenvalue weighted by atomic mass is 10.2. The van der Waals surface area contributed by atoms with Gasteiger partial charge < -0.3 is 19.5 Å². The largest absolute Gasteiger partial charge is 0.497 e. The van der Waals surface area contributed by atoms with E-state index in [-0.39, 0.29) is 17.4 Å². The molecule has 0 unspecified atom stereocenters. The first-order valence-corrected chi connectivity index (χ1v) is 15.0. The van der Waals surface area contributed by atoms with E-state index in [1.807, 2.05) is 6.92 Å². The highest BCUT2D eigenvalue weighted by atomic mass is 32.2. The van der Waals surface area contributed by atoms with Crippen LogP contribution < -0.4 is 29.3 Å². The first-order chi connectivity index (χ1) is 21.3. The van der Waals surface area contributed by atoms with Crippen molar-refractivity contribution in [1.82, 2.24) is 5.43 Å². The van der Waals surface area contributed by atoms with Gasteiger partial charge in [-0.2, -0.15) is 5.10 Å². The van der Waals surface area contributed by atoms with E-state index in [1.54, 1.807) is 98.1 Å². The van der Waals surface area contributed by atoms with Crippen molar-refractivity contribution in [3.63, 3.8) is 0 Å². The third-order valence-electron chi connectivity index (χ3n) is 6.08. The van der Waals surface area contributed by atoms with Gasteiger partial charge in [0.1, 0.15) is 23.8 Å². The standard InChI is InChI=1S/C32H32N4O7S/c1-3-42-28-19-13-26(14-20-28)36(44(39,40)30-7-5-4-6-8-30)22-31(37)35-33-21-24-9-15-29(16-10-24)43-23-32(38)34-25-11-17-27(41-2)18-12-25/h4-21H,3,22-23H2,1-2H3,(H,34,38)(H,35,37)/b33-21+. The summed E-state index contributed by atoms with van der Waals surface area (Å²) in [6, 6.07) is 27.9. The van der Waals surface area contributed by atoms with Crippen LogP contribution in [0.2, 0.25) is 0 Å². The number of carbonyl (C=O) groups excluding carboxylic acids is 2. The molecule has 4 rings (SSSR count). The summed E-state index contributed by atoms with van der Waals surface area (Å²) < 4.78 is 44.0. The van der Waals surface area contributed by atoms with Gasteiger partial charge in [0.15, 0.2) is 6.61 Å². The topological polar surface area (TPSA) is 136 Å². The smallest absolute Gasteiger partial charge is 0.264 e. The van der Waals surface area contributed by atoms with Crippen LogP contribution in [0.25, 0.3) is 0 Å². The van der Waals surface area contributed by atoms with Crippen molar-refractivity contribution in [2.24, 2.45) is 5.10 Å². The van der Waals surface area contributed by atoms with Gasteiger partial charge in [0, 0.05) is 5.69 Å². The van der Waals surface area contributed by atoms with Crippen molar-refractivity contribution >= 4 is 39.4 Å². The number of hydrogen-bond donors (Lipinski definition) is 2. The molecule has 0 heterocycles. The van der Waals surface area contributed by atoms with E-state index in [0.717, 1.165) is 4.31 Å². The van der Waals surface area contributed by atoms with Gasteiger partial charge in [0.25, 0.3) is 21.8 Å². The van der Waals surface area contributed by atoms with E-state index < -0.39 is 22.5 Å². The van der Waals surface area contributed by atoms with E-state index in [1.165, 1.54) is 18.3 Å². The summed E-state index contributed by atoms with van der Waals surface area (Å²) in [6.45, 7) is 1.61. The molecule has 0 aliphatic carbocycles. The zero-order valence-corrected chi connectivity index (χ0v) is 25.0. The summed E-state index contributed by atoms with van der Waals surface area (Å²) in [7, 11) is -2.49. The summed E-state index contributed by atoms with van der Waals surface area (Å²) >= 11 is 0. The maximum atomic E-state index is 13.5. The number of methoxy groups -OCH3 is 1. The van der Waals surface area contributed by atoms with Crippen LogP contribution in [-0.4, -0.2) is 53.3 Å². The minimum Gasteiger partial charge on any atom is -0.497 e. The van der Waals surface area contributed by atoms with Crippen LogP contribution >= 0.6 is 0 Å². The summed E-state index contributed by atoms with van der Waals surface area (Å²) in [5.41, 5.74) is 3.93. The van der Waals surface area contributed by atoms with Crippen molar-refractivity contribution in [3.8, 4) is 17.2 Å². The molecule has 228 valence electrons. The first-order valence-electron chi connectivity index (χ1n) is 13.6. The average molecular weight is 617 g/mol. The third-order valence-corrected chi connectivity index (χ3v) is 7.87. The number of anilines is 2. The number of hydrazone groups is 1. The number of carbonyl (C=O) groups is 2. The molecule has 4 aromatic rings. The molecule has 0 aromatic heterocycles. The first kappa shape index (κ1) is 31.6. The lowest BCUT2D eigenvalue weighted by molar-refractivity contribution is -0.119. The molecular formula is C32H32N4O7S. The maximum Gasteiger partial charge on any atom is 0.264 e. The van der Waals surface area contributed by atoms with Crippen molar-refractivity contribution in [3.05, 3.63) is 109 Å². The molecule has 0 aliphatic rings. The fraction of sp³-hybridized carbons (Fsp3) is 0.156. The van der Waals surface area contributed by atoms with Crippen LogP contribution in [0.3, 0.4) is 0 Å². The highest BCUT2D eigenvalue weighted by molar-refractivity contribution is 7.92. The monoisotopic (exact) mass is 616 g/mol. The Bertz CT molecular complexity index is 1660. The van der Waals surface area contributed by atoms with Gasteiger partial charge in [0.2, 0.25) is 0 Å². The second-order valence-corrected chi connectivity index (χ2v) is 11.0. The molecular weight excluding hydrogens is 584 g/mol. The molecule has 0 fully saturated rings. The fourth-order valence-electron chi connectivity index (χ4n) is 3.93. The Kier molecular flexibility index (Phi) is 10.9. The Balaban J connectivity index is 1.33. The summed E-state index contributed by atoms with van der Waals surface area (Å²) in [5, 5.41) is 6.70. The Labute approximate surface area is 256 Å². The molecule has 2 amide bonds. The number of amides is 2. The molecule has 11 nitrogen and oxygen atoms in total. The molecule has 0 atom stereocenters. The number of benzene rings is 4. The van der Waals surface area contributed by atoms with Crippen molar-refractivity contribution in [2.45, 2.75) is 11.8 Å². The third kappa shape index (κ3) is 8.82. The normalized spacial score (nSPS) is 11.0. The summed E-state index contributed by atoms with van der Waals surface area (Å²) in [6.07, 6.45) is 1.41. The maximum absolute atomic E-state index is 13.5. The zero-order chi connectivity index (χ0) is 31.4. The average Bonchev–Trinajstić information content (AvgIpc) is 3.04. The summed E-state index contributed by atoms with van der Waals surface area (Å²) in [4.78, 5) is 25.0. The molecule has 2 N–H and O–H groups in total. The van der Waals surface area contributed by atoms with Crippen LogP contribution in [-0.2, 0) is 19.6 Å². The molecule has 0 bridgehead atoms. The van der Waals surface area contributed by atoms with Crippen LogP contribution in [0.5, 0.6) is 17.2 Å². The van der Waals surface area contributed by atoms with Gasteiger partial charge in [-0.15, -0.1) is 0 Å². The lowest BCUT2D eigenvalue weighted by Crippen LogP contribution is -2.39. The minimum absolute atomic E-state index is 0.0470. The lowest BCUT2D eigenvalue weighted by Gasteiger charge is -2.24. The summed E-state index contributed by atoms with van der Waals surface area (Å²) in [5.74, 6) is 0.766. The molecule has 4 aromatic carbocycles. The highest BCUT2D eigenvalue weighted by Gasteiger charge is 2.27. The number of rotatable bonds is 14. The Morgan fingerprint density at radius 1 is 0.795 bits per heavy atom. The van der Waals surface area contributed by atoms with Gasteiger partial charge >= 0.3 is 0 Å². The second kappa shape index (κ2) is 15.2. The molecule has 0 aliphatic heterocycles. The molecule has 0 saturated heterocycles. The van der Waals surface area contributed by atoms with Crippen LogP contribution in [0.1, 0.15) is 12.5 Å². The van der Waals surface area contributed by atoms with E-state index in [2.05, 4.69) is 15.8 Å². The molecule has 0 radical (unpaired) electrons. The van der Waals surface area contributed by atoms with Crippen molar-refractivity contribution in [1.29, 1.82) is 0 Å². The second-order valence-electron chi connectivity index (χ2n) is 9.18. The highest BCUT2D eigenvalue weighted by Crippen LogP contribution is 2.26. The molecule has 0 saturated carbocycles. The molecule has 12 heteroatoms. The predicted octanol–water partition coefficient (Wildman–Crippen LogP) is 4.46. The van der Waals surface area contributed by atoms with Crippen molar-refractivity contribution < 1.29 is 32.2 Å². The zero-order valence-electron chi connectivity index (χ0n) is 24.2. The van der Waals surface area contributed by atoms with Crippen molar-refractivity contribution in [2.75, 3.05) is 36.5 Å². The Hall–Kier alpha value is -5.36. The number of nitrogens with one attached hydrogen (secondary N) is 2.